The van der Waals surface area contributed by atoms with Crippen LogP contribution in [0.3, 0.4) is 0 Å². The highest BCUT2D eigenvalue weighted by Gasteiger charge is 2.20. The number of benzene rings is 1. The quantitative estimate of drug-likeness (QED) is 0.810. The van der Waals surface area contributed by atoms with E-state index >= 15 is 0 Å². The number of piperidine rings is 1. The number of rotatable bonds is 7. The Balaban J connectivity index is 1.88. The van der Waals surface area contributed by atoms with Gasteiger partial charge in [-0.3, -0.25) is 0 Å². The lowest BCUT2D eigenvalue weighted by Crippen LogP contribution is -2.37. The lowest BCUT2D eigenvalue weighted by molar-refractivity contribution is 0.128. The summed E-state index contributed by atoms with van der Waals surface area (Å²) in [5, 5.41) is 12.8. The Hall–Kier alpha value is -0.900. The van der Waals surface area contributed by atoms with Gasteiger partial charge in [-0.25, -0.2) is 0 Å². The minimum Gasteiger partial charge on any atom is -0.396 e. The van der Waals surface area contributed by atoms with Crippen molar-refractivity contribution < 1.29 is 5.11 Å². The number of hydrogen-bond donors (Lipinski definition) is 2. The second-order valence-electron chi connectivity index (χ2n) is 6.22. The van der Waals surface area contributed by atoms with Gasteiger partial charge < -0.3 is 15.3 Å². The summed E-state index contributed by atoms with van der Waals surface area (Å²) in [6, 6.07) is 9.15. The van der Waals surface area contributed by atoms with E-state index in [0.717, 1.165) is 45.4 Å². The molecule has 0 amide bonds. The van der Waals surface area contributed by atoms with Gasteiger partial charge in [-0.05, 0) is 69.4 Å². The number of aliphatic hydroxyl groups is 1. The van der Waals surface area contributed by atoms with E-state index in [0.29, 0.717) is 18.6 Å². The summed E-state index contributed by atoms with van der Waals surface area (Å²) in [6.45, 7) is 9.16. The van der Waals surface area contributed by atoms with Crippen molar-refractivity contribution in [3.63, 3.8) is 0 Å². The smallest absolute Gasteiger partial charge is 0.0460 e. The predicted octanol–water partition coefficient (Wildman–Crippen LogP) is 2.74. The Bertz CT molecular complexity index is 413. The molecule has 3 heteroatoms. The average molecular weight is 290 g/mol. The van der Waals surface area contributed by atoms with Crippen LogP contribution >= 0.6 is 0 Å². The van der Waals surface area contributed by atoms with Gasteiger partial charge in [-0.2, -0.15) is 0 Å². The van der Waals surface area contributed by atoms with Crippen molar-refractivity contribution in [3.05, 3.63) is 35.4 Å². The molecule has 1 aromatic rings. The zero-order chi connectivity index (χ0) is 15.1. The molecule has 2 rings (SSSR count). The van der Waals surface area contributed by atoms with E-state index < -0.39 is 0 Å². The Morgan fingerprint density at radius 2 is 2.00 bits per heavy atom. The van der Waals surface area contributed by atoms with Crippen LogP contribution in [0.1, 0.15) is 43.4 Å². The van der Waals surface area contributed by atoms with Crippen molar-refractivity contribution in [2.24, 2.45) is 5.92 Å². The molecular weight excluding hydrogens is 260 g/mol. The maximum atomic E-state index is 9.22. The van der Waals surface area contributed by atoms with Crippen LogP contribution in [0.5, 0.6) is 0 Å². The van der Waals surface area contributed by atoms with Crippen LogP contribution < -0.4 is 5.32 Å². The first-order chi connectivity index (χ1) is 10.2. The molecule has 0 aliphatic carbocycles. The molecule has 0 spiro atoms. The second kappa shape index (κ2) is 8.52. The molecule has 0 saturated carbocycles. The minimum absolute atomic E-state index is 0.358. The van der Waals surface area contributed by atoms with Crippen molar-refractivity contribution in [3.8, 4) is 0 Å². The molecule has 21 heavy (non-hydrogen) atoms. The van der Waals surface area contributed by atoms with Crippen LogP contribution in [-0.2, 0) is 0 Å². The first-order valence-electron chi connectivity index (χ1n) is 8.36. The summed E-state index contributed by atoms with van der Waals surface area (Å²) < 4.78 is 0. The molecular formula is C18H30N2O. The van der Waals surface area contributed by atoms with Crippen LogP contribution in [0.25, 0.3) is 0 Å². The molecule has 1 atom stereocenters. The lowest BCUT2D eigenvalue weighted by atomic mass is 9.96. The highest BCUT2D eigenvalue weighted by molar-refractivity contribution is 5.28. The Labute approximate surface area is 129 Å². The van der Waals surface area contributed by atoms with Gasteiger partial charge in [0.05, 0.1) is 0 Å². The van der Waals surface area contributed by atoms with Crippen LogP contribution in [0.4, 0.5) is 0 Å². The third kappa shape index (κ3) is 4.80. The third-order valence-electron chi connectivity index (χ3n) is 4.71. The zero-order valence-corrected chi connectivity index (χ0v) is 13.5. The molecule has 3 nitrogen and oxygen atoms in total. The Morgan fingerprint density at radius 3 is 2.62 bits per heavy atom. The second-order valence-corrected chi connectivity index (χ2v) is 6.22. The third-order valence-corrected chi connectivity index (χ3v) is 4.71. The van der Waals surface area contributed by atoms with E-state index in [1.165, 1.54) is 11.1 Å². The lowest BCUT2D eigenvalue weighted by Gasteiger charge is -2.32. The SMILES string of the molecule is CCNC(CCN1CCC(CO)CC1)c1ccccc1C. The maximum absolute atomic E-state index is 9.22. The number of nitrogens with one attached hydrogen (secondary N) is 1. The Morgan fingerprint density at radius 1 is 1.29 bits per heavy atom. The summed E-state index contributed by atoms with van der Waals surface area (Å²) in [6.07, 6.45) is 3.45. The van der Waals surface area contributed by atoms with E-state index in [2.05, 4.69) is 48.3 Å². The van der Waals surface area contributed by atoms with Crippen LogP contribution in [0.2, 0.25) is 0 Å². The average Bonchev–Trinajstić information content (AvgIpc) is 2.53. The minimum atomic E-state index is 0.358. The monoisotopic (exact) mass is 290 g/mol. The molecule has 2 N–H and O–H groups in total. The van der Waals surface area contributed by atoms with Gasteiger partial charge in [0, 0.05) is 12.6 Å². The molecule has 1 aliphatic rings. The predicted molar refractivity (Wildman–Crippen MR) is 88.5 cm³/mol. The summed E-state index contributed by atoms with van der Waals surface area (Å²) >= 11 is 0. The fourth-order valence-electron chi connectivity index (χ4n) is 3.30. The molecule has 0 aromatic heterocycles. The number of nitrogens with zero attached hydrogens (tertiary/aromatic N) is 1. The molecule has 1 aromatic carbocycles. The van der Waals surface area contributed by atoms with E-state index in [1.807, 2.05) is 0 Å². The zero-order valence-electron chi connectivity index (χ0n) is 13.5. The van der Waals surface area contributed by atoms with E-state index in [4.69, 9.17) is 0 Å². The van der Waals surface area contributed by atoms with Gasteiger partial charge in [-0.1, -0.05) is 31.2 Å². The summed E-state index contributed by atoms with van der Waals surface area (Å²) in [7, 11) is 0. The van der Waals surface area contributed by atoms with Crippen molar-refractivity contribution in [1.29, 1.82) is 0 Å². The van der Waals surface area contributed by atoms with E-state index in [1.54, 1.807) is 0 Å². The highest BCUT2D eigenvalue weighted by atomic mass is 16.3. The Kier molecular flexibility index (Phi) is 6.68. The molecule has 1 heterocycles. The molecule has 0 bridgehead atoms. The molecule has 118 valence electrons. The first-order valence-corrected chi connectivity index (χ1v) is 8.36. The van der Waals surface area contributed by atoms with Gasteiger partial charge in [0.2, 0.25) is 0 Å². The summed E-state index contributed by atoms with van der Waals surface area (Å²) in [5.74, 6) is 0.530. The van der Waals surface area contributed by atoms with Crippen molar-refractivity contribution >= 4 is 0 Å². The standard InChI is InChI=1S/C18H30N2O/c1-3-19-18(17-7-5-4-6-15(17)2)10-13-20-11-8-16(14-21)9-12-20/h4-7,16,18-19,21H,3,8-14H2,1-2H3. The van der Waals surface area contributed by atoms with Crippen molar-refractivity contribution in [2.75, 3.05) is 32.8 Å². The van der Waals surface area contributed by atoms with Crippen LogP contribution in [0.15, 0.2) is 24.3 Å². The van der Waals surface area contributed by atoms with Crippen molar-refractivity contribution in [2.45, 2.75) is 39.2 Å². The largest absolute Gasteiger partial charge is 0.396 e. The van der Waals surface area contributed by atoms with Crippen LogP contribution in [0, 0.1) is 12.8 Å². The molecule has 1 saturated heterocycles. The highest BCUT2D eigenvalue weighted by Crippen LogP contribution is 2.22. The van der Waals surface area contributed by atoms with Gasteiger partial charge in [0.1, 0.15) is 0 Å². The van der Waals surface area contributed by atoms with Gasteiger partial charge in [0.15, 0.2) is 0 Å². The number of hydrogen-bond acceptors (Lipinski definition) is 3. The number of aryl methyl sites for hydroxylation is 1. The summed E-state index contributed by atoms with van der Waals surface area (Å²) in [4.78, 5) is 2.55. The van der Waals surface area contributed by atoms with Crippen molar-refractivity contribution in [1.82, 2.24) is 10.2 Å². The number of aliphatic hydroxyl groups excluding tert-OH is 1. The summed E-state index contributed by atoms with van der Waals surface area (Å²) in [5.41, 5.74) is 2.81. The molecule has 0 radical (unpaired) electrons. The normalized spacial score (nSPS) is 18.8. The first kappa shape index (κ1) is 16.5. The van der Waals surface area contributed by atoms with E-state index in [9.17, 15) is 5.11 Å². The fourth-order valence-corrected chi connectivity index (χ4v) is 3.30. The van der Waals surface area contributed by atoms with Gasteiger partial charge in [0.25, 0.3) is 0 Å². The molecule has 1 aliphatic heterocycles. The molecule has 1 fully saturated rings. The molecule has 1 unspecified atom stereocenters. The van der Waals surface area contributed by atoms with Crippen LogP contribution in [-0.4, -0.2) is 42.8 Å². The maximum Gasteiger partial charge on any atom is 0.0460 e. The fraction of sp³-hybridized carbons (Fsp3) is 0.667. The van der Waals surface area contributed by atoms with E-state index in [-0.39, 0.29) is 0 Å². The topological polar surface area (TPSA) is 35.5 Å². The number of likely N-dealkylation sites (tertiary alicyclic amines) is 1. The van der Waals surface area contributed by atoms with Gasteiger partial charge in [-0.15, -0.1) is 0 Å². The van der Waals surface area contributed by atoms with Gasteiger partial charge >= 0.3 is 0 Å².